The van der Waals surface area contributed by atoms with Gasteiger partial charge < -0.3 is 15.0 Å². The second kappa shape index (κ2) is 7.17. The minimum absolute atomic E-state index is 0.203. The number of nitrogens with zero attached hydrogens (tertiary/aromatic N) is 1. The van der Waals surface area contributed by atoms with Crippen molar-refractivity contribution in [2.75, 3.05) is 31.6 Å². The summed E-state index contributed by atoms with van der Waals surface area (Å²) in [5.74, 6) is -0.203. The molecule has 1 amide bonds. The lowest BCUT2D eigenvalue weighted by molar-refractivity contribution is 0.0198. The van der Waals surface area contributed by atoms with Gasteiger partial charge in [-0.25, -0.2) is 0 Å². The van der Waals surface area contributed by atoms with E-state index in [1.807, 2.05) is 12.1 Å². The molecule has 2 aromatic rings. The van der Waals surface area contributed by atoms with E-state index in [-0.39, 0.29) is 5.91 Å². The van der Waals surface area contributed by atoms with Gasteiger partial charge in [-0.05, 0) is 30.7 Å². The standard InChI is InChI=1S/C17H20ClN3O2/c1-12(21-6-8-23-9-7-21)13-2-4-15(5-3-13)20-17(22)16-10-14(18)11-19-16/h2-5,10-12,19H,6-9H2,1H3,(H,20,22)/t12-/m0/s1. The van der Waals surface area contributed by atoms with Crippen LogP contribution in [0, 0.1) is 0 Å². The molecule has 23 heavy (non-hydrogen) atoms. The normalized spacial score (nSPS) is 17.0. The van der Waals surface area contributed by atoms with Gasteiger partial charge in [0, 0.05) is 31.0 Å². The third-order valence-electron chi connectivity index (χ3n) is 4.14. The number of morpholine rings is 1. The second-order valence-electron chi connectivity index (χ2n) is 5.63. The number of hydrogen-bond donors (Lipinski definition) is 2. The zero-order chi connectivity index (χ0) is 16.2. The molecule has 0 saturated carbocycles. The number of carbonyl (C=O) groups is 1. The smallest absolute Gasteiger partial charge is 0.272 e. The maximum atomic E-state index is 12.1. The number of H-pyrrole nitrogens is 1. The fourth-order valence-corrected chi connectivity index (χ4v) is 2.88. The fraction of sp³-hybridized carbons (Fsp3) is 0.353. The van der Waals surface area contributed by atoms with E-state index in [0.29, 0.717) is 16.8 Å². The SMILES string of the molecule is C[C@@H](c1ccc(NC(=O)c2cc(Cl)c[nH]2)cc1)N1CCOCC1. The summed E-state index contributed by atoms with van der Waals surface area (Å²) in [5.41, 5.74) is 2.44. The zero-order valence-corrected chi connectivity index (χ0v) is 13.8. The van der Waals surface area contributed by atoms with Crippen molar-refractivity contribution in [1.29, 1.82) is 0 Å². The van der Waals surface area contributed by atoms with Crippen LogP contribution in [0.3, 0.4) is 0 Å². The second-order valence-corrected chi connectivity index (χ2v) is 6.07. The van der Waals surface area contributed by atoms with Gasteiger partial charge in [-0.2, -0.15) is 0 Å². The number of anilines is 1. The predicted molar refractivity (Wildman–Crippen MR) is 91.0 cm³/mol. The van der Waals surface area contributed by atoms with Gasteiger partial charge in [0.25, 0.3) is 5.91 Å². The Balaban J connectivity index is 1.63. The number of amides is 1. The first-order valence-corrected chi connectivity index (χ1v) is 8.08. The summed E-state index contributed by atoms with van der Waals surface area (Å²) in [6, 6.07) is 9.90. The van der Waals surface area contributed by atoms with E-state index in [0.717, 1.165) is 32.0 Å². The Kier molecular flexibility index (Phi) is 5.00. The maximum absolute atomic E-state index is 12.1. The topological polar surface area (TPSA) is 57.4 Å². The van der Waals surface area contributed by atoms with Gasteiger partial charge in [-0.1, -0.05) is 23.7 Å². The van der Waals surface area contributed by atoms with Crippen LogP contribution < -0.4 is 5.32 Å². The molecule has 1 aromatic carbocycles. The van der Waals surface area contributed by atoms with E-state index < -0.39 is 0 Å². The van der Waals surface area contributed by atoms with Crippen LogP contribution in [0.25, 0.3) is 0 Å². The number of ether oxygens (including phenoxy) is 1. The molecule has 6 heteroatoms. The summed E-state index contributed by atoms with van der Waals surface area (Å²) in [7, 11) is 0. The molecule has 1 fully saturated rings. The van der Waals surface area contributed by atoms with Gasteiger partial charge in [-0.15, -0.1) is 0 Å². The van der Waals surface area contributed by atoms with Crippen LogP contribution >= 0.6 is 11.6 Å². The van der Waals surface area contributed by atoms with Gasteiger partial charge in [-0.3, -0.25) is 9.69 Å². The minimum atomic E-state index is -0.203. The molecule has 1 aliphatic heterocycles. The number of rotatable bonds is 4. The molecule has 1 saturated heterocycles. The molecular weight excluding hydrogens is 314 g/mol. The molecule has 2 heterocycles. The summed E-state index contributed by atoms with van der Waals surface area (Å²) < 4.78 is 5.39. The number of aromatic nitrogens is 1. The number of nitrogens with one attached hydrogen (secondary N) is 2. The first kappa shape index (κ1) is 16.1. The van der Waals surface area contributed by atoms with Gasteiger partial charge in [0.15, 0.2) is 0 Å². The van der Waals surface area contributed by atoms with Gasteiger partial charge in [0.1, 0.15) is 5.69 Å². The first-order valence-electron chi connectivity index (χ1n) is 7.70. The highest BCUT2D eigenvalue weighted by Gasteiger charge is 2.18. The molecule has 3 rings (SSSR count). The molecule has 0 radical (unpaired) electrons. The predicted octanol–water partition coefficient (Wildman–Crippen LogP) is 3.31. The Labute approximate surface area is 140 Å². The molecule has 0 unspecified atom stereocenters. The molecule has 1 aromatic heterocycles. The largest absolute Gasteiger partial charge is 0.379 e. The monoisotopic (exact) mass is 333 g/mol. The number of benzene rings is 1. The van der Waals surface area contributed by atoms with Crippen molar-refractivity contribution in [3.8, 4) is 0 Å². The molecule has 0 spiro atoms. The number of hydrogen-bond acceptors (Lipinski definition) is 3. The minimum Gasteiger partial charge on any atom is -0.379 e. The van der Waals surface area contributed by atoms with E-state index in [4.69, 9.17) is 16.3 Å². The van der Waals surface area contributed by atoms with E-state index in [1.165, 1.54) is 5.56 Å². The fourth-order valence-electron chi connectivity index (χ4n) is 2.72. The highest BCUT2D eigenvalue weighted by Crippen LogP contribution is 2.23. The zero-order valence-electron chi connectivity index (χ0n) is 13.0. The van der Waals surface area contributed by atoms with E-state index >= 15 is 0 Å². The molecule has 1 atom stereocenters. The molecule has 0 aliphatic carbocycles. The van der Waals surface area contributed by atoms with Crippen LogP contribution in [0.15, 0.2) is 36.5 Å². The summed E-state index contributed by atoms with van der Waals surface area (Å²) in [5, 5.41) is 3.37. The van der Waals surface area contributed by atoms with E-state index in [1.54, 1.807) is 12.3 Å². The lowest BCUT2D eigenvalue weighted by Crippen LogP contribution is -2.37. The molecule has 122 valence electrons. The Morgan fingerprint density at radius 3 is 2.61 bits per heavy atom. The maximum Gasteiger partial charge on any atom is 0.272 e. The van der Waals surface area contributed by atoms with Crippen molar-refractivity contribution >= 4 is 23.2 Å². The van der Waals surface area contributed by atoms with Crippen molar-refractivity contribution in [1.82, 2.24) is 9.88 Å². The summed E-state index contributed by atoms with van der Waals surface area (Å²) in [6.45, 7) is 5.68. The summed E-state index contributed by atoms with van der Waals surface area (Å²) in [6.07, 6.45) is 1.59. The van der Waals surface area contributed by atoms with Crippen LogP contribution in [-0.4, -0.2) is 42.1 Å². The van der Waals surface area contributed by atoms with Crippen LogP contribution in [0.5, 0.6) is 0 Å². The van der Waals surface area contributed by atoms with E-state index in [2.05, 4.69) is 34.3 Å². The van der Waals surface area contributed by atoms with Crippen molar-refractivity contribution in [2.45, 2.75) is 13.0 Å². The highest BCUT2D eigenvalue weighted by atomic mass is 35.5. The third-order valence-corrected chi connectivity index (χ3v) is 4.35. The average molecular weight is 334 g/mol. The summed E-state index contributed by atoms with van der Waals surface area (Å²) >= 11 is 5.81. The van der Waals surface area contributed by atoms with Gasteiger partial charge in [0.05, 0.1) is 18.2 Å². The lowest BCUT2D eigenvalue weighted by atomic mass is 10.1. The Morgan fingerprint density at radius 2 is 2.00 bits per heavy atom. The quantitative estimate of drug-likeness (QED) is 0.902. The van der Waals surface area contributed by atoms with Crippen molar-refractivity contribution in [3.05, 3.63) is 52.8 Å². The van der Waals surface area contributed by atoms with Crippen molar-refractivity contribution in [3.63, 3.8) is 0 Å². The first-order chi connectivity index (χ1) is 11.1. The molecule has 0 bridgehead atoms. The number of carbonyl (C=O) groups excluding carboxylic acids is 1. The highest BCUT2D eigenvalue weighted by molar-refractivity contribution is 6.31. The molecule has 2 N–H and O–H groups in total. The summed E-state index contributed by atoms with van der Waals surface area (Å²) in [4.78, 5) is 17.3. The van der Waals surface area contributed by atoms with Crippen LogP contribution in [0.2, 0.25) is 5.02 Å². The number of halogens is 1. The van der Waals surface area contributed by atoms with Gasteiger partial charge in [0.2, 0.25) is 0 Å². The van der Waals surface area contributed by atoms with Crippen LogP contribution in [0.4, 0.5) is 5.69 Å². The average Bonchev–Trinajstić information content (AvgIpc) is 3.02. The van der Waals surface area contributed by atoms with Crippen molar-refractivity contribution in [2.24, 2.45) is 0 Å². The van der Waals surface area contributed by atoms with Gasteiger partial charge >= 0.3 is 0 Å². The molecule has 1 aliphatic rings. The Morgan fingerprint density at radius 1 is 1.30 bits per heavy atom. The van der Waals surface area contributed by atoms with Crippen molar-refractivity contribution < 1.29 is 9.53 Å². The Hall–Kier alpha value is -1.82. The van der Waals surface area contributed by atoms with E-state index in [9.17, 15) is 4.79 Å². The van der Waals surface area contributed by atoms with Crippen LogP contribution in [0.1, 0.15) is 29.0 Å². The number of aromatic amines is 1. The lowest BCUT2D eigenvalue weighted by Gasteiger charge is -2.32. The molecule has 5 nitrogen and oxygen atoms in total. The Bertz CT molecular complexity index is 663. The molecular formula is C17H20ClN3O2. The third kappa shape index (κ3) is 3.93. The van der Waals surface area contributed by atoms with Crippen LogP contribution in [-0.2, 0) is 4.74 Å².